The Labute approximate surface area is 210 Å². The zero-order valence-corrected chi connectivity index (χ0v) is 19.9. The van der Waals surface area contributed by atoms with Crippen LogP contribution in [-0.4, -0.2) is 37.7 Å². The number of aromatic nitrogens is 3. The van der Waals surface area contributed by atoms with Gasteiger partial charge in [0, 0.05) is 43.3 Å². The highest BCUT2D eigenvalue weighted by Crippen LogP contribution is 2.21. The Morgan fingerprint density at radius 2 is 1.68 bits per heavy atom. The summed E-state index contributed by atoms with van der Waals surface area (Å²) in [5, 5.41) is 13.2. The molecule has 0 aliphatic carbocycles. The number of carbonyl (C=O) groups excluding carboxylic acids is 1. The number of aryl methyl sites for hydroxylation is 2. The van der Waals surface area contributed by atoms with Crippen LogP contribution in [-0.2, 0) is 24.9 Å². The van der Waals surface area contributed by atoms with Gasteiger partial charge in [0.15, 0.2) is 0 Å². The minimum absolute atomic E-state index is 0.167. The van der Waals surface area contributed by atoms with Crippen LogP contribution < -0.4 is 10.6 Å². The molecule has 9 nitrogen and oxygen atoms in total. The van der Waals surface area contributed by atoms with Gasteiger partial charge in [-0.1, -0.05) is 30.3 Å². The topological polar surface area (TPSA) is 122 Å². The van der Waals surface area contributed by atoms with Crippen molar-refractivity contribution in [3.8, 4) is 11.1 Å². The molecule has 0 atom stereocenters. The Kier molecular flexibility index (Phi) is 8.67. The molecule has 0 spiro atoms. The van der Waals surface area contributed by atoms with Gasteiger partial charge in [0.2, 0.25) is 5.95 Å². The molecule has 0 aliphatic heterocycles. The number of carbonyl (C=O) groups is 2. The third-order valence-electron chi connectivity index (χ3n) is 4.98. The van der Waals surface area contributed by atoms with Crippen molar-refractivity contribution in [3.63, 3.8) is 0 Å². The highest BCUT2D eigenvalue weighted by Gasteiger charge is 2.38. The number of nitrogens with one attached hydrogen (secondary N) is 2. The maximum Gasteiger partial charge on any atom is 0.490 e. The van der Waals surface area contributed by atoms with Crippen LogP contribution in [0.2, 0.25) is 0 Å². The summed E-state index contributed by atoms with van der Waals surface area (Å²) in [4.78, 5) is 30.2. The second kappa shape index (κ2) is 11.9. The first-order valence-electron chi connectivity index (χ1n) is 10.9. The van der Waals surface area contributed by atoms with E-state index in [-0.39, 0.29) is 5.91 Å². The summed E-state index contributed by atoms with van der Waals surface area (Å²) in [5.74, 6) is -0.818. The van der Waals surface area contributed by atoms with E-state index in [0.717, 1.165) is 28.2 Å². The number of nitrogens with zero attached hydrogens (tertiary/aromatic N) is 3. The van der Waals surface area contributed by atoms with Gasteiger partial charge >= 0.3 is 12.1 Å². The minimum atomic E-state index is -5.08. The number of aliphatic carboxylic acids is 1. The monoisotopic (exact) mass is 515 g/mol. The Morgan fingerprint density at radius 3 is 2.24 bits per heavy atom. The number of carboxylic acid groups (broad SMARTS) is 1. The zero-order chi connectivity index (χ0) is 27.0. The summed E-state index contributed by atoms with van der Waals surface area (Å²) in [6.45, 7) is 2.88. The minimum Gasteiger partial charge on any atom is -0.475 e. The predicted molar refractivity (Wildman–Crippen MR) is 129 cm³/mol. The molecule has 0 bridgehead atoms. The average Bonchev–Trinajstić information content (AvgIpc) is 3.47. The van der Waals surface area contributed by atoms with E-state index in [2.05, 4.69) is 20.6 Å². The number of benzene rings is 1. The number of halogens is 3. The smallest absolute Gasteiger partial charge is 0.475 e. The molecule has 0 radical (unpaired) electrons. The van der Waals surface area contributed by atoms with Gasteiger partial charge in [0.1, 0.15) is 17.2 Å². The number of alkyl halides is 3. The van der Waals surface area contributed by atoms with Crippen molar-refractivity contribution in [2.24, 2.45) is 7.05 Å². The summed E-state index contributed by atoms with van der Waals surface area (Å²) in [7, 11) is 1.84. The van der Waals surface area contributed by atoms with Crippen molar-refractivity contribution in [3.05, 3.63) is 89.9 Å². The van der Waals surface area contributed by atoms with Gasteiger partial charge in [-0.25, -0.2) is 14.8 Å². The van der Waals surface area contributed by atoms with Gasteiger partial charge < -0.3 is 24.7 Å². The molecular formula is C25H24F3N5O4. The number of carboxylic acids is 1. The molecule has 0 aliphatic rings. The third-order valence-corrected chi connectivity index (χ3v) is 4.98. The van der Waals surface area contributed by atoms with Crippen LogP contribution in [0, 0.1) is 6.92 Å². The second-order valence-corrected chi connectivity index (χ2v) is 7.86. The number of hydrogen-bond donors (Lipinski definition) is 3. The van der Waals surface area contributed by atoms with Crippen molar-refractivity contribution in [2.75, 3.05) is 5.32 Å². The van der Waals surface area contributed by atoms with E-state index < -0.39 is 12.1 Å². The zero-order valence-electron chi connectivity index (χ0n) is 19.9. The summed E-state index contributed by atoms with van der Waals surface area (Å²) in [5.41, 5.74) is 3.44. The lowest BCUT2D eigenvalue weighted by Crippen LogP contribution is -2.24. The van der Waals surface area contributed by atoms with Crippen LogP contribution in [0.5, 0.6) is 0 Å². The maximum atomic E-state index is 12.5. The summed E-state index contributed by atoms with van der Waals surface area (Å²) in [6.07, 6.45) is 0.313. The van der Waals surface area contributed by atoms with Crippen LogP contribution in [0.1, 0.15) is 27.6 Å². The summed E-state index contributed by atoms with van der Waals surface area (Å²) in [6, 6.07) is 15.6. The first kappa shape index (κ1) is 27.0. The van der Waals surface area contributed by atoms with Crippen molar-refractivity contribution >= 4 is 17.8 Å². The van der Waals surface area contributed by atoms with Crippen LogP contribution in [0.25, 0.3) is 11.1 Å². The second-order valence-electron chi connectivity index (χ2n) is 7.86. The molecule has 3 N–H and O–H groups in total. The molecular weight excluding hydrogens is 491 g/mol. The molecule has 12 heteroatoms. The Morgan fingerprint density at radius 1 is 1.03 bits per heavy atom. The van der Waals surface area contributed by atoms with Gasteiger partial charge in [-0.3, -0.25) is 4.79 Å². The molecule has 4 rings (SSSR count). The molecule has 4 aromatic rings. The van der Waals surface area contributed by atoms with E-state index in [9.17, 15) is 18.0 Å². The standard InChI is InChI=1S/C23H23N5O2.C2HF3O2/c1-16-8-9-20(30-16)14-24-22(29)21-10-18(15-28(21)2)19-12-26-23(27-13-19)25-11-17-6-4-3-5-7-17;3-2(4,5)1(6)7/h3-10,12-13,15H,11,14H2,1-2H3,(H,24,29)(H,25,26,27);(H,6,7). The van der Waals surface area contributed by atoms with Crippen molar-refractivity contribution in [1.29, 1.82) is 0 Å². The average molecular weight is 515 g/mol. The Bertz CT molecular complexity index is 1330. The normalized spacial score (nSPS) is 10.8. The first-order valence-corrected chi connectivity index (χ1v) is 10.9. The molecule has 1 amide bonds. The van der Waals surface area contributed by atoms with Crippen LogP contribution in [0.15, 0.2) is 71.5 Å². The fourth-order valence-corrected chi connectivity index (χ4v) is 3.13. The molecule has 37 heavy (non-hydrogen) atoms. The van der Waals surface area contributed by atoms with Crippen molar-refractivity contribution in [2.45, 2.75) is 26.2 Å². The van der Waals surface area contributed by atoms with Gasteiger partial charge in [-0.05, 0) is 30.7 Å². The highest BCUT2D eigenvalue weighted by molar-refractivity contribution is 5.94. The molecule has 3 aromatic heterocycles. The molecule has 3 heterocycles. The number of furan rings is 1. The van der Waals surface area contributed by atoms with E-state index in [0.29, 0.717) is 24.7 Å². The van der Waals surface area contributed by atoms with E-state index in [1.165, 1.54) is 0 Å². The number of hydrogen-bond acceptors (Lipinski definition) is 6. The number of rotatable bonds is 7. The summed E-state index contributed by atoms with van der Waals surface area (Å²) >= 11 is 0. The van der Waals surface area contributed by atoms with Gasteiger partial charge in [0.05, 0.1) is 6.54 Å². The van der Waals surface area contributed by atoms with E-state index in [1.54, 1.807) is 17.0 Å². The highest BCUT2D eigenvalue weighted by atomic mass is 19.4. The largest absolute Gasteiger partial charge is 0.490 e. The number of amides is 1. The quantitative estimate of drug-likeness (QED) is 0.330. The van der Waals surface area contributed by atoms with E-state index >= 15 is 0 Å². The van der Waals surface area contributed by atoms with Crippen LogP contribution >= 0.6 is 0 Å². The molecule has 0 fully saturated rings. The first-order chi connectivity index (χ1) is 17.5. The lowest BCUT2D eigenvalue weighted by Gasteiger charge is -2.05. The molecule has 1 aromatic carbocycles. The van der Waals surface area contributed by atoms with Gasteiger partial charge in [-0.2, -0.15) is 13.2 Å². The lowest BCUT2D eigenvalue weighted by molar-refractivity contribution is -0.192. The van der Waals surface area contributed by atoms with Crippen LogP contribution in [0.4, 0.5) is 19.1 Å². The Balaban J connectivity index is 0.000000479. The third kappa shape index (κ3) is 7.95. The predicted octanol–water partition coefficient (Wildman–Crippen LogP) is 4.56. The lowest BCUT2D eigenvalue weighted by atomic mass is 10.2. The molecule has 0 unspecified atom stereocenters. The maximum absolute atomic E-state index is 12.5. The molecule has 194 valence electrons. The molecule has 0 saturated heterocycles. The summed E-state index contributed by atoms with van der Waals surface area (Å²) < 4.78 is 39.0. The number of anilines is 1. The Hall–Kier alpha value is -4.61. The fourth-order valence-electron chi connectivity index (χ4n) is 3.13. The molecule has 0 saturated carbocycles. The van der Waals surface area contributed by atoms with Crippen molar-refractivity contribution in [1.82, 2.24) is 19.9 Å². The SMILES string of the molecule is Cc1ccc(CNC(=O)c2cc(-c3cnc(NCc4ccccc4)nc3)cn2C)o1.O=C(O)C(F)(F)F. The van der Waals surface area contributed by atoms with E-state index in [4.69, 9.17) is 14.3 Å². The van der Waals surface area contributed by atoms with Gasteiger partial charge in [0.25, 0.3) is 5.91 Å². The fraction of sp³-hybridized carbons (Fsp3) is 0.200. The van der Waals surface area contributed by atoms with Crippen LogP contribution in [0.3, 0.4) is 0 Å². The van der Waals surface area contributed by atoms with Crippen molar-refractivity contribution < 1.29 is 32.3 Å². The van der Waals surface area contributed by atoms with Gasteiger partial charge in [-0.15, -0.1) is 0 Å². The van der Waals surface area contributed by atoms with E-state index in [1.807, 2.05) is 68.7 Å².